The van der Waals surface area contributed by atoms with Crippen LogP contribution in [0.4, 0.5) is 4.39 Å². The lowest BCUT2D eigenvalue weighted by molar-refractivity contribution is -0.182. The number of methoxy groups -OCH3 is 2. The number of rotatable bonds is 7. The molecule has 0 bridgehead atoms. The van der Waals surface area contributed by atoms with Crippen LogP contribution in [-0.4, -0.2) is 49.9 Å². The maximum atomic E-state index is 14.7. The fraction of sp³-hybridized carbons (Fsp3) is 0.625. The summed E-state index contributed by atoms with van der Waals surface area (Å²) in [4.78, 5) is 37.5. The number of halogens is 1. The van der Waals surface area contributed by atoms with Crippen molar-refractivity contribution < 1.29 is 42.5 Å². The van der Waals surface area contributed by atoms with Crippen LogP contribution in [0.25, 0.3) is 0 Å². The van der Waals surface area contributed by atoms with Gasteiger partial charge in [-0.15, -0.1) is 0 Å². The van der Waals surface area contributed by atoms with Crippen molar-refractivity contribution in [3.63, 3.8) is 0 Å². The summed E-state index contributed by atoms with van der Waals surface area (Å²) >= 11 is 0. The molecule has 0 saturated heterocycles. The third-order valence-electron chi connectivity index (χ3n) is 5.25. The minimum Gasteiger partial charge on any atom is -0.490 e. The number of hydrogen-bond donors (Lipinski definition) is 0. The van der Waals surface area contributed by atoms with E-state index in [2.05, 4.69) is 0 Å². The molecule has 0 atom stereocenters. The van der Waals surface area contributed by atoms with Crippen LogP contribution >= 0.6 is 0 Å². The van der Waals surface area contributed by atoms with Gasteiger partial charge in [0.25, 0.3) is 0 Å². The van der Waals surface area contributed by atoms with Crippen LogP contribution in [0.1, 0.15) is 70.7 Å². The zero-order chi connectivity index (χ0) is 25.0. The summed E-state index contributed by atoms with van der Waals surface area (Å²) in [5, 5.41) is 0. The molecule has 9 heteroatoms. The quantitative estimate of drug-likeness (QED) is 0.333. The highest BCUT2D eigenvalue weighted by atomic mass is 19.1. The van der Waals surface area contributed by atoms with Gasteiger partial charge in [-0.25, -0.2) is 9.18 Å². The predicted octanol–water partition coefficient (Wildman–Crippen LogP) is 4.22. The lowest BCUT2D eigenvalue weighted by Crippen LogP contribution is -2.48. The minimum absolute atomic E-state index is 0.0380. The zero-order valence-corrected chi connectivity index (χ0v) is 20.3. The fourth-order valence-electron chi connectivity index (χ4n) is 3.69. The Kier molecular flexibility index (Phi) is 8.32. The summed E-state index contributed by atoms with van der Waals surface area (Å²) in [6, 6.07) is 2.33. The summed E-state index contributed by atoms with van der Waals surface area (Å²) < 4.78 is 41.2. The van der Waals surface area contributed by atoms with E-state index in [0.717, 1.165) is 6.07 Å². The Bertz CT molecular complexity index is 879. The molecule has 1 aromatic carbocycles. The number of carbonyl (C=O) groups excluding carboxylic acids is 3. The third kappa shape index (κ3) is 6.36. The van der Waals surface area contributed by atoms with Gasteiger partial charge in [-0.05, 0) is 60.3 Å². The maximum absolute atomic E-state index is 14.7. The molecule has 0 amide bonds. The van der Waals surface area contributed by atoms with Crippen molar-refractivity contribution >= 4 is 17.9 Å². The van der Waals surface area contributed by atoms with Gasteiger partial charge in [0.15, 0.2) is 17.0 Å². The monoisotopic (exact) mass is 468 g/mol. The number of ether oxygens (including phenoxy) is 5. The van der Waals surface area contributed by atoms with Crippen molar-refractivity contribution in [2.24, 2.45) is 5.41 Å². The number of esters is 3. The molecule has 1 saturated carbocycles. The topological polar surface area (TPSA) is 97.4 Å². The predicted molar refractivity (Wildman–Crippen MR) is 117 cm³/mol. The Hall–Kier alpha value is -2.84. The molecule has 2 rings (SSSR count). The van der Waals surface area contributed by atoms with Gasteiger partial charge in [0.2, 0.25) is 0 Å². The Morgan fingerprint density at radius 2 is 1.61 bits per heavy atom. The van der Waals surface area contributed by atoms with Crippen molar-refractivity contribution in [3.8, 4) is 11.5 Å². The third-order valence-corrected chi connectivity index (χ3v) is 5.25. The van der Waals surface area contributed by atoms with E-state index in [9.17, 15) is 18.8 Å². The van der Waals surface area contributed by atoms with Crippen LogP contribution in [0.15, 0.2) is 12.1 Å². The summed E-state index contributed by atoms with van der Waals surface area (Å²) in [5.41, 5.74) is -2.17. The van der Waals surface area contributed by atoms with E-state index in [1.165, 1.54) is 20.3 Å². The van der Waals surface area contributed by atoms with Crippen molar-refractivity contribution in [1.82, 2.24) is 0 Å². The molecular weight excluding hydrogens is 435 g/mol. The highest BCUT2D eigenvalue weighted by Crippen LogP contribution is 2.41. The first kappa shape index (κ1) is 26.4. The lowest BCUT2D eigenvalue weighted by atomic mass is 9.73. The molecule has 0 spiro atoms. The summed E-state index contributed by atoms with van der Waals surface area (Å²) in [7, 11) is 2.44. The van der Waals surface area contributed by atoms with E-state index >= 15 is 0 Å². The molecule has 184 valence electrons. The normalized spacial score (nSPS) is 20.7. The Morgan fingerprint density at radius 3 is 2.09 bits per heavy atom. The van der Waals surface area contributed by atoms with Gasteiger partial charge in [-0.1, -0.05) is 0 Å². The minimum atomic E-state index is -1.44. The van der Waals surface area contributed by atoms with Crippen LogP contribution in [-0.2, 0) is 23.8 Å². The van der Waals surface area contributed by atoms with Crippen LogP contribution in [0.2, 0.25) is 0 Å². The molecule has 8 nitrogen and oxygen atoms in total. The van der Waals surface area contributed by atoms with E-state index in [1.54, 1.807) is 34.6 Å². The van der Waals surface area contributed by atoms with Crippen molar-refractivity contribution in [3.05, 3.63) is 23.5 Å². The number of hydrogen-bond acceptors (Lipinski definition) is 8. The second kappa shape index (κ2) is 10.4. The highest BCUT2D eigenvalue weighted by molar-refractivity contribution is 6.00. The first-order valence-electron chi connectivity index (χ1n) is 10.9. The van der Waals surface area contributed by atoms with Gasteiger partial charge in [0, 0.05) is 12.1 Å². The Balaban J connectivity index is 2.23. The molecule has 0 unspecified atom stereocenters. The van der Waals surface area contributed by atoms with E-state index in [4.69, 9.17) is 23.7 Å². The molecule has 1 fully saturated rings. The van der Waals surface area contributed by atoms with E-state index < -0.39 is 40.8 Å². The van der Waals surface area contributed by atoms with E-state index in [-0.39, 0.29) is 48.8 Å². The van der Waals surface area contributed by atoms with Crippen molar-refractivity contribution in [2.75, 3.05) is 14.2 Å². The smallest absolute Gasteiger partial charge is 0.341 e. The molecular formula is C24H33FO8. The number of carbonyl (C=O) groups is 3. The summed E-state index contributed by atoms with van der Waals surface area (Å²) in [6.45, 7) is 8.67. The first-order valence-corrected chi connectivity index (χ1v) is 10.9. The molecule has 1 aliphatic carbocycles. The fourth-order valence-corrected chi connectivity index (χ4v) is 3.69. The van der Waals surface area contributed by atoms with Gasteiger partial charge >= 0.3 is 17.9 Å². The average molecular weight is 469 g/mol. The lowest BCUT2D eigenvalue weighted by Gasteiger charge is -2.37. The largest absolute Gasteiger partial charge is 0.490 e. The second-order valence-corrected chi connectivity index (χ2v) is 9.33. The summed E-state index contributed by atoms with van der Waals surface area (Å²) in [6.07, 6.45) is 0.0507. The van der Waals surface area contributed by atoms with Crippen LogP contribution < -0.4 is 9.47 Å². The maximum Gasteiger partial charge on any atom is 0.341 e. The molecule has 0 aromatic heterocycles. The standard InChI is InChI=1S/C24H33FO8/c1-14(2)31-18-13-17(25)19(12-16(18)20(26)29-6)32-15-8-10-24(11-9-15,21(27)30-7)22(28)33-23(3,4)5/h12-15H,8-11H2,1-7H3. The first-order chi connectivity index (χ1) is 15.3. The van der Waals surface area contributed by atoms with Gasteiger partial charge in [-0.2, -0.15) is 0 Å². The van der Waals surface area contributed by atoms with Gasteiger partial charge in [-0.3, -0.25) is 9.59 Å². The average Bonchev–Trinajstić information content (AvgIpc) is 2.73. The van der Waals surface area contributed by atoms with Crippen molar-refractivity contribution in [2.45, 2.75) is 78.1 Å². The molecule has 0 heterocycles. The second-order valence-electron chi connectivity index (χ2n) is 9.33. The number of benzene rings is 1. The van der Waals surface area contributed by atoms with Crippen molar-refractivity contribution in [1.29, 1.82) is 0 Å². The van der Waals surface area contributed by atoms with Crippen LogP contribution in [0, 0.1) is 11.2 Å². The molecule has 1 aromatic rings. The van der Waals surface area contributed by atoms with E-state index in [1.807, 2.05) is 0 Å². The molecule has 0 radical (unpaired) electrons. The molecule has 0 N–H and O–H groups in total. The van der Waals surface area contributed by atoms with Crippen LogP contribution in [0.5, 0.6) is 11.5 Å². The molecule has 33 heavy (non-hydrogen) atoms. The Labute approximate surface area is 193 Å². The van der Waals surface area contributed by atoms with E-state index in [0.29, 0.717) is 0 Å². The van der Waals surface area contributed by atoms with Gasteiger partial charge in [0.05, 0.1) is 26.4 Å². The van der Waals surface area contributed by atoms with Crippen LogP contribution in [0.3, 0.4) is 0 Å². The highest BCUT2D eigenvalue weighted by Gasteiger charge is 2.52. The SMILES string of the molecule is COC(=O)c1cc(OC2CCC(C(=O)OC)(C(=O)OC(C)(C)C)CC2)c(F)cc1OC(C)C. The van der Waals surface area contributed by atoms with Gasteiger partial charge < -0.3 is 23.7 Å². The molecule has 1 aliphatic rings. The Morgan fingerprint density at radius 1 is 1.00 bits per heavy atom. The van der Waals surface area contributed by atoms with Gasteiger partial charge in [0.1, 0.15) is 16.9 Å². The zero-order valence-electron chi connectivity index (χ0n) is 20.3. The summed E-state index contributed by atoms with van der Waals surface area (Å²) in [5.74, 6) is -2.78. The molecule has 0 aliphatic heterocycles.